The van der Waals surface area contributed by atoms with Crippen molar-refractivity contribution in [2.45, 2.75) is 40.7 Å². The van der Waals surface area contributed by atoms with Crippen LogP contribution in [0.1, 0.15) is 43.6 Å². The summed E-state index contributed by atoms with van der Waals surface area (Å²) in [4.78, 5) is 27.8. The molecule has 3 rings (SSSR count). The first-order valence-corrected chi connectivity index (χ1v) is 10.0. The number of amides is 1. The zero-order chi connectivity index (χ0) is 21.1. The Bertz CT molecular complexity index is 1090. The molecule has 5 nitrogen and oxygen atoms in total. The van der Waals surface area contributed by atoms with Crippen molar-refractivity contribution in [1.82, 2.24) is 4.90 Å². The molecule has 0 N–H and O–H groups in total. The van der Waals surface area contributed by atoms with Crippen molar-refractivity contribution in [1.29, 1.82) is 0 Å². The summed E-state index contributed by atoms with van der Waals surface area (Å²) in [5.74, 6) is 0.921. The van der Waals surface area contributed by atoms with Crippen LogP contribution in [0.15, 0.2) is 51.7 Å². The number of rotatable bonds is 6. The second-order valence-corrected chi connectivity index (χ2v) is 7.21. The highest BCUT2D eigenvalue weighted by Gasteiger charge is 2.22. The Morgan fingerprint density at radius 3 is 2.41 bits per heavy atom. The van der Waals surface area contributed by atoms with Gasteiger partial charge in [0, 0.05) is 18.7 Å². The smallest absolute Gasteiger partial charge is 0.257 e. The highest BCUT2D eigenvalue weighted by atomic mass is 16.5. The maximum absolute atomic E-state index is 13.1. The van der Waals surface area contributed by atoms with Crippen molar-refractivity contribution in [2.75, 3.05) is 13.1 Å². The van der Waals surface area contributed by atoms with Crippen molar-refractivity contribution in [3.63, 3.8) is 0 Å². The van der Waals surface area contributed by atoms with Gasteiger partial charge in [0.05, 0.1) is 22.6 Å². The number of carbonyl (C=O) groups excluding carboxylic acids is 1. The molecule has 0 bridgehead atoms. The molecule has 3 aromatic rings. The second kappa shape index (κ2) is 8.52. The van der Waals surface area contributed by atoms with Gasteiger partial charge in [-0.1, -0.05) is 18.2 Å². The minimum atomic E-state index is -0.148. The summed E-state index contributed by atoms with van der Waals surface area (Å²) in [6.45, 7) is 10.7. The van der Waals surface area contributed by atoms with E-state index in [1.165, 1.54) is 0 Å². The van der Waals surface area contributed by atoms with Crippen LogP contribution in [0.25, 0.3) is 22.3 Å². The summed E-state index contributed by atoms with van der Waals surface area (Å²) in [6, 6.07) is 12.6. The third-order valence-corrected chi connectivity index (χ3v) is 4.92. The molecule has 1 heterocycles. The monoisotopic (exact) mass is 393 g/mol. The Kier molecular flexibility index (Phi) is 6.06. The van der Waals surface area contributed by atoms with Gasteiger partial charge in [-0.25, -0.2) is 0 Å². The molecular weight excluding hydrogens is 366 g/mol. The fraction of sp³-hybridized carbons (Fsp3) is 0.333. The van der Waals surface area contributed by atoms with Crippen molar-refractivity contribution in [2.24, 2.45) is 0 Å². The van der Waals surface area contributed by atoms with Gasteiger partial charge in [-0.05, 0) is 58.9 Å². The summed E-state index contributed by atoms with van der Waals surface area (Å²) < 4.78 is 12.2. The zero-order valence-corrected chi connectivity index (χ0v) is 17.6. The molecule has 29 heavy (non-hydrogen) atoms. The maximum atomic E-state index is 13.1. The minimum Gasteiger partial charge on any atom is -0.490 e. The number of carbonyl (C=O) groups is 1. The highest BCUT2D eigenvalue weighted by molar-refractivity contribution is 6.05. The zero-order valence-electron chi connectivity index (χ0n) is 17.6. The SMILES string of the molecule is CCN(CC)C(=O)c1cccc2c(=O)c(C)c(-c3ccccc3OC(C)C)oc12. The number of nitrogens with zero attached hydrogens (tertiary/aromatic N) is 1. The van der Waals surface area contributed by atoms with E-state index in [9.17, 15) is 9.59 Å². The van der Waals surface area contributed by atoms with Crippen LogP contribution in [0, 0.1) is 6.92 Å². The van der Waals surface area contributed by atoms with Gasteiger partial charge in [-0.15, -0.1) is 0 Å². The molecule has 0 fully saturated rings. The lowest BCUT2D eigenvalue weighted by atomic mass is 10.0. The van der Waals surface area contributed by atoms with E-state index in [-0.39, 0.29) is 17.4 Å². The van der Waals surface area contributed by atoms with E-state index in [2.05, 4.69) is 0 Å². The van der Waals surface area contributed by atoms with E-state index in [4.69, 9.17) is 9.15 Å². The number of fused-ring (bicyclic) bond motifs is 1. The molecule has 2 aromatic carbocycles. The Hall–Kier alpha value is -3.08. The normalized spacial score (nSPS) is 11.1. The maximum Gasteiger partial charge on any atom is 0.257 e. The summed E-state index contributed by atoms with van der Waals surface area (Å²) in [5, 5.41) is 0.409. The number of benzene rings is 2. The Labute approximate surface area is 170 Å². The molecule has 0 unspecified atom stereocenters. The van der Waals surface area contributed by atoms with Gasteiger partial charge < -0.3 is 14.1 Å². The van der Waals surface area contributed by atoms with Crippen molar-refractivity contribution in [3.05, 3.63) is 63.8 Å². The van der Waals surface area contributed by atoms with Crippen LogP contribution in [0.4, 0.5) is 0 Å². The lowest BCUT2D eigenvalue weighted by Gasteiger charge is -2.20. The lowest BCUT2D eigenvalue weighted by molar-refractivity contribution is 0.0774. The van der Waals surface area contributed by atoms with Gasteiger partial charge in [-0.2, -0.15) is 0 Å². The van der Waals surface area contributed by atoms with Crippen LogP contribution in [0.2, 0.25) is 0 Å². The molecule has 0 spiro atoms. The first-order valence-electron chi connectivity index (χ1n) is 10.0. The second-order valence-electron chi connectivity index (χ2n) is 7.21. The van der Waals surface area contributed by atoms with Crippen molar-refractivity contribution < 1.29 is 13.9 Å². The topological polar surface area (TPSA) is 59.8 Å². The number of ether oxygens (including phenoxy) is 1. The van der Waals surface area contributed by atoms with E-state index in [0.29, 0.717) is 52.3 Å². The molecular formula is C24H27NO4. The molecule has 1 amide bonds. The minimum absolute atomic E-state index is 0.0246. The summed E-state index contributed by atoms with van der Waals surface area (Å²) in [7, 11) is 0. The van der Waals surface area contributed by atoms with Crippen molar-refractivity contribution >= 4 is 16.9 Å². The van der Waals surface area contributed by atoms with Gasteiger partial charge in [0.25, 0.3) is 5.91 Å². The van der Waals surface area contributed by atoms with Crippen LogP contribution in [0.3, 0.4) is 0 Å². The van der Waals surface area contributed by atoms with E-state index in [0.717, 1.165) is 0 Å². The third kappa shape index (κ3) is 3.90. The largest absolute Gasteiger partial charge is 0.490 e. The summed E-state index contributed by atoms with van der Waals surface area (Å²) in [6.07, 6.45) is -0.0246. The fourth-order valence-electron chi connectivity index (χ4n) is 3.43. The van der Waals surface area contributed by atoms with E-state index < -0.39 is 0 Å². The molecule has 0 aliphatic rings. The standard InChI is InChI=1S/C24H27NO4/c1-6-25(7-2)24(27)19-13-10-12-18-21(26)16(5)22(29-23(18)19)17-11-8-9-14-20(17)28-15(3)4/h8-15H,6-7H2,1-5H3. The Morgan fingerprint density at radius 2 is 1.76 bits per heavy atom. The molecule has 0 aliphatic carbocycles. The van der Waals surface area contributed by atoms with E-state index in [1.54, 1.807) is 30.0 Å². The fourth-order valence-corrected chi connectivity index (χ4v) is 3.43. The molecule has 0 radical (unpaired) electrons. The number of hydrogen-bond donors (Lipinski definition) is 0. The van der Waals surface area contributed by atoms with Crippen LogP contribution in [0.5, 0.6) is 5.75 Å². The Morgan fingerprint density at radius 1 is 1.07 bits per heavy atom. The molecule has 1 aromatic heterocycles. The third-order valence-electron chi connectivity index (χ3n) is 4.92. The van der Waals surface area contributed by atoms with E-state index >= 15 is 0 Å². The van der Waals surface area contributed by atoms with Crippen LogP contribution >= 0.6 is 0 Å². The van der Waals surface area contributed by atoms with Crippen LogP contribution in [-0.4, -0.2) is 30.0 Å². The number of hydrogen-bond acceptors (Lipinski definition) is 4. The molecule has 152 valence electrons. The van der Waals surface area contributed by atoms with Crippen molar-refractivity contribution in [3.8, 4) is 17.1 Å². The average molecular weight is 393 g/mol. The number of para-hydroxylation sites is 2. The molecule has 0 saturated carbocycles. The Balaban J connectivity index is 2.29. The first kappa shape index (κ1) is 20.6. The van der Waals surface area contributed by atoms with Gasteiger partial charge >= 0.3 is 0 Å². The highest BCUT2D eigenvalue weighted by Crippen LogP contribution is 2.34. The summed E-state index contributed by atoms with van der Waals surface area (Å²) in [5.41, 5.74) is 1.75. The van der Waals surface area contributed by atoms with Gasteiger partial charge in [0.15, 0.2) is 11.0 Å². The molecule has 0 saturated heterocycles. The quantitative estimate of drug-likeness (QED) is 0.589. The average Bonchev–Trinajstić information content (AvgIpc) is 2.71. The predicted octanol–water partition coefficient (Wildman–Crippen LogP) is 5.04. The van der Waals surface area contributed by atoms with Gasteiger partial charge in [0.1, 0.15) is 11.5 Å². The van der Waals surface area contributed by atoms with Crippen LogP contribution < -0.4 is 10.2 Å². The molecule has 5 heteroatoms. The molecule has 0 aliphatic heterocycles. The predicted molar refractivity (Wildman–Crippen MR) is 116 cm³/mol. The van der Waals surface area contributed by atoms with Crippen LogP contribution in [-0.2, 0) is 0 Å². The van der Waals surface area contributed by atoms with Gasteiger partial charge in [0.2, 0.25) is 0 Å². The van der Waals surface area contributed by atoms with E-state index in [1.807, 2.05) is 52.0 Å². The molecule has 0 atom stereocenters. The first-order chi connectivity index (χ1) is 13.9. The van der Waals surface area contributed by atoms with Gasteiger partial charge in [-0.3, -0.25) is 9.59 Å². The summed E-state index contributed by atoms with van der Waals surface area (Å²) >= 11 is 0. The lowest BCUT2D eigenvalue weighted by Crippen LogP contribution is -2.30.